The molecule has 1 amide bonds. The van der Waals surface area contributed by atoms with Gasteiger partial charge >= 0.3 is 0 Å². The molecule has 0 saturated carbocycles. The molecule has 0 saturated heterocycles. The molecule has 2 aromatic carbocycles. The normalized spacial score (nSPS) is 10.3. The molecule has 0 bridgehead atoms. The van der Waals surface area contributed by atoms with Crippen molar-refractivity contribution in [3.05, 3.63) is 64.2 Å². The second-order valence-corrected chi connectivity index (χ2v) is 4.47. The highest BCUT2D eigenvalue weighted by Gasteiger charge is 2.13. The Kier molecular flexibility index (Phi) is 3.81. The lowest BCUT2D eigenvalue weighted by atomic mass is 10.1. The van der Waals surface area contributed by atoms with Crippen molar-refractivity contribution < 1.29 is 13.6 Å². The Labute approximate surface area is 114 Å². The van der Waals surface area contributed by atoms with Gasteiger partial charge in [0.25, 0.3) is 5.91 Å². The number of rotatable bonds is 2. The third kappa shape index (κ3) is 3.09. The van der Waals surface area contributed by atoms with Crippen LogP contribution in [0.1, 0.15) is 15.9 Å². The van der Waals surface area contributed by atoms with E-state index >= 15 is 0 Å². The summed E-state index contributed by atoms with van der Waals surface area (Å²) in [5.74, 6) is -2.09. The number of carbonyl (C=O) groups excluding carboxylic acids is 1. The SMILES string of the molecule is Cc1ccc(C(=O)Nc2ccc(F)cc2F)c(Cl)c1. The molecule has 0 unspecified atom stereocenters. The summed E-state index contributed by atoms with van der Waals surface area (Å²) in [4.78, 5) is 11.9. The van der Waals surface area contributed by atoms with E-state index in [0.717, 1.165) is 17.7 Å². The monoisotopic (exact) mass is 281 g/mol. The van der Waals surface area contributed by atoms with Crippen molar-refractivity contribution in [2.24, 2.45) is 0 Å². The summed E-state index contributed by atoms with van der Waals surface area (Å²) in [5.41, 5.74) is 1.05. The van der Waals surface area contributed by atoms with Crippen LogP contribution in [0.25, 0.3) is 0 Å². The number of hydrogen-bond donors (Lipinski definition) is 1. The fraction of sp³-hybridized carbons (Fsp3) is 0.0714. The van der Waals surface area contributed by atoms with Crippen molar-refractivity contribution in [1.82, 2.24) is 0 Å². The molecule has 0 heterocycles. The van der Waals surface area contributed by atoms with Gasteiger partial charge in [0.2, 0.25) is 0 Å². The molecule has 0 spiro atoms. The molecule has 0 fully saturated rings. The zero-order valence-corrected chi connectivity index (χ0v) is 10.8. The Morgan fingerprint density at radius 2 is 1.89 bits per heavy atom. The van der Waals surface area contributed by atoms with E-state index in [1.54, 1.807) is 18.2 Å². The van der Waals surface area contributed by atoms with E-state index in [4.69, 9.17) is 11.6 Å². The number of halogens is 3. The van der Waals surface area contributed by atoms with E-state index in [1.807, 2.05) is 6.92 Å². The van der Waals surface area contributed by atoms with Crippen LogP contribution in [0.4, 0.5) is 14.5 Å². The van der Waals surface area contributed by atoms with E-state index in [2.05, 4.69) is 5.32 Å². The van der Waals surface area contributed by atoms with Crippen LogP contribution in [0.3, 0.4) is 0 Å². The summed E-state index contributed by atoms with van der Waals surface area (Å²) >= 11 is 5.94. The molecule has 2 aromatic rings. The van der Waals surface area contributed by atoms with E-state index < -0.39 is 17.5 Å². The standard InChI is InChI=1S/C14H10ClF2NO/c1-8-2-4-10(11(15)6-8)14(19)18-13-5-3-9(16)7-12(13)17/h2-7H,1H3,(H,18,19). The molecular formula is C14H10ClF2NO. The van der Waals surface area contributed by atoms with Gasteiger partial charge in [0, 0.05) is 6.07 Å². The van der Waals surface area contributed by atoms with Crippen molar-refractivity contribution >= 4 is 23.2 Å². The van der Waals surface area contributed by atoms with Gasteiger partial charge in [-0.25, -0.2) is 8.78 Å². The predicted molar refractivity (Wildman–Crippen MR) is 70.5 cm³/mol. The molecule has 0 atom stereocenters. The molecule has 0 aliphatic carbocycles. The summed E-state index contributed by atoms with van der Waals surface area (Å²) in [5, 5.41) is 2.63. The summed E-state index contributed by atoms with van der Waals surface area (Å²) < 4.78 is 26.1. The van der Waals surface area contributed by atoms with Crippen molar-refractivity contribution in [1.29, 1.82) is 0 Å². The second-order valence-electron chi connectivity index (χ2n) is 4.06. The molecule has 0 aliphatic heterocycles. The van der Waals surface area contributed by atoms with Gasteiger partial charge in [0.15, 0.2) is 0 Å². The van der Waals surface area contributed by atoms with Gasteiger partial charge in [-0.15, -0.1) is 0 Å². The summed E-state index contributed by atoms with van der Waals surface area (Å²) in [6.07, 6.45) is 0. The number of benzene rings is 2. The summed E-state index contributed by atoms with van der Waals surface area (Å²) in [7, 11) is 0. The molecule has 1 N–H and O–H groups in total. The van der Waals surface area contributed by atoms with Crippen molar-refractivity contribution in [3.8, 4) is 0 Å². The lowest BCUT2D eigenvalue weighted by molar-refractivity contribution is 0.102. The first-order valence-electron chi connectivity index (χ1n) is 5.50. The Morgan fingerprint density at radius 3 is 2.53 bits per heavy atom. The smallest absolute Gasteiger partial charge is 0.257 e. The highest BCUT2D eigenvalue weighted by atomic mass is 35.5. The highest BCUT2D eigenvalue weighted by Crippen LogP contribution is 2.21. The molecule has 2 nitrogen and oxygen atoms in total. The fourth-order valence-corrected chi connectivity index (χ4v) is 1.91. The first kappa shape index (κ1) is 13.5. The fourth-order valence-electron chi connectivity index (χ4n) is 1.58. The minimum Gasteiger partial charge on any atom is -0.319 e. The first-order chi connectivity index (χ1) is 8.97. The molecule has 5 heteroatoms. The maximum atomic E-state index is 13.4. The van der Waals surface area contributed by atoms with Gasteiger partial charge in [-0.05, 0) is 36.8 Å². The maximum absolute atomic E-state index is 13.4. The Hall–Kier alpha value is -1.94. The molecular weight excluding hydrogens is 272 g/mol. The largest absolute Gasteiger partial charge is 0.319 e. The highest BCUT2D eigenvalue weighted by molar-refractivity contribution is 6.34. The van der Waals surface area contributed by atoms with Crippen LogP contribution in [0, 0.1) is 18.6 Å². The lowest BCUT2D eigenvalue weighted by Gasteiger charge is -2.08. The average molecular weight is 282 g/mol. The molecule has 98 valence electrons. The van der Waals surface area contributed by atoms with Crippen molar-refractivity contribution in [2.45, 2.75) is 6.92 Å². The van der Waals surface area contributed by atoms with Gasteiger partial charge in [-0.3, -0.25) is 4.79 Å². The third-order valence-corrected chi connectivity index (χ3v) is 2.86. The molecule has 2 rings (SSSR count). The number of hydrogen-bond acceptors (Lipinski definition) is 1. The van der Waals surface area contributed by atoms with Gasteiger partial charge in [0.05, 0.1) is 16.3 Å². The van der Waals surface area contributed by atoms with Crippen LogP contribution in [0.15, 0.2) is 36.4 Å². The van der Waals surface area contributed by atoms with E-state index in [9.17, 15) is 13.6 Å². The average Bonchev–Trinajstić information content (AvgIpc) is 2.32. The third-order valence-electron chi connectivity index (χ3n) is 2.55. The van der Waals surface area contributed by atoms with E-state index in [1.165, 1.54) is 0 Å². The number of nitrogens with one attached hydrogen (secondary N) is 1. The van der Waals surface area contributed by atoms with E-state index in [-0.39, 0.29) is 16.3 Å². The molecule has 0 aliphatic rings. The van der Waals surface area contributed by atoms with E-state index in [0.29, 0.717) is 6.07 Å². The van der Waals surface area contributed by atoms with Crippen LogP contribution >= 0.6 is 11.6 Å². The van der Waals surface area contributed by atoms with Crippen molar-refractivity contribution in [2.75, 3.05) is 5.32 Å². The van der Waals surface area contributed by atoms with Gasteiger partial charge in [-0.2, -0.15) is 0 Å². The Balaban J connectivity index is 2.25. The second kappa shape index (κ2) is 5.36. The maximum Gasteiger partial charge on any atom is 0.257 e. The minimum atomic E-state index is -0.836. The molecule has 0 aromatic heterocycles. The molecule has 19 heavy (non-hydrogen) atoms. The summed E-state index contributed by atoms with van der Waals surface area (Å²) in [6, 6.07) is 7.83. The zero-order chi connectivity index (χ0) is 14.0. The number of anilines is 1. The predicted octanol–water partition coefficient (Wildman–Crippen LogP) is 4.18. The van der Waals surface area contributed by atoms with Gasteiger partial charge < -0.3 is 5.32 Å². The first-order valence-corrected chi connectivity index (χ1v) is 5.88. The van der Waals surface area contributed by atoms with Gasteiger partial charge in [0.1, 0.15) is 11.6 Å². The van der Waals surface area contributed by atoms with Crippen molar-refractivity contribution in [3.63, 3.8) is 0 Å². The number of carbonyl (C=O) groups is 1. The number of aryl methyl sites for hydroxylation is 1. The van der Waals surface area contributed by atoms with Crippen LogP contribution in [-0.2, 0) is 0 Å². The van der Waals surface area contributed by atoms with Crippen LogP contribution in [0.2, 0.25) is 5.02 Å². The lowest BCUT2D eigenvalue weighted by Crippen LogP contribution is -2.13. The Bertz CT molecular complexity index is 643. The van der Waals surface area contributed by atoms with Crippen LogP contribution in [0.5, 0.6) is 0 Å². The Morgan fingerprint density at radius 1 is 1.16 bits per heavy atom. The summed E-state index contributed by atoms with van der Waals surface area (Å²) in [6.45, 7) is 1.84. The topological polar surface area (TPSA) is 29.1 Å². The molecule has 0 radical (unpaired) electrons. The van der Waals surface area contributed by atoms with Crippen LogP contribution in [-0.4, -0.2) is 5.91 Å². The zero-order valence-electron chi connectivity index (χ0n) is 10.0. The number of amides is 1. The minimum absolute atomic E-state index is 0.0944. The quantitative estimate of drug-likeness (QED) is 0.879. The van der Waals surface area contributed by atoms with Crippen LogP contribution < -0.4 is 5.32 Å². The van der Waals surface area contributed by atoms with Gasteiger partial charge in [-0.1, -0.05) is 17.7 Å².